The summed E-state index contributed by atoms with van der Waals surface area (Å²) < 4.78 is 16.0. The molecule has 0 amide bonds. The Bertz CT molecular complexity index is 1190. The van der Waals surface area contributed by atoms with Gasteiger partial charge in [0, 0.05) is 50.6 Å². The van der Waals surface area contributed by atoms with E-state index in [0.29, 0.717) is 12.5 Å². The summed E-state index contributed by atoms with van der Waals surface area (Å²) in [6.07, 6.45) is 7.77. The molecule has 4 aromatic rings. The minimum atomic E-state index is -1.12. The van der Waals surface area contributed by atoms with Crippen LogP contribution in [0.3, 0.4) is 0 Å². The summed E-state index contributed by atoms with van der Waals surface area (Å²) >= 11 is 0. The van der Waals surface area contributed by atoms with Crippen molar-refractivity contribution in [2.75, 3.05) is 6.61 Å². The van der Waals surface area contributed by atoms with E-state index in [4.69, 9.17) is 14.5 Å². The van der Waals surface area contributed by atoms with E-state index in [9.17, 15) is 0 Å². The molecule has 0 N–H and O–H groups in total. The van der Waals surface area contributed by atoms with Gasteiger partial charge in [-0.15, -0.1) is 0 Å². The second-order valence-corrected chi connectivity index (χ2v) is 14.8. The van der Waals surface area contributed by atoms with Gasteiger partial charge in [0.2, 0.25) is 0 Å². The van der Waals surface area contributed by atoms with Crippen LogP contribution in [0.5, 0.6) is 11.5 Å². The first-order chi connectivity index (χ1) is 14.8. The average Bonchev–Trinajstić information content (AvgIpc) is 3.30. The second kappa shape index (κ2) is 8.68. The largest absolute Gasteiger partial charge is 0.455 e. The van der Waals surface area contributed by atoms with Gasteiger partial charge in [-0.1, -0.05) is 37.8 Å². The Morgan fingerprint density at radius 2 is 1.87 bits per heavy atom. The fourth-order valence-corrected chi connectivity index (χ4v) is 4.19. The highest BCUT2D eigenvalue weighted by Gasteiger charge is 2.16. The number of hydrogen-bond donors (Lipinski definition) is 0. The van der Waals surface area contributed by atoms with Crippen molar-refractivity contribution in [2.24, 2.45) is 7.05 Å². The van der Waals surface area contributed by atoms with Crippen LogP contribution in [0.4, 0.5) is 0 Å². The number of fused-ring (bicyclic) bond motifs is 1. The summed E-state index contributed by atoms with van der Waals surface area (Å²) in [5.74, 6) is 1.55. The predicted molar refractivity (Wildman–Crippen MR) is 127 cm³/mol. The fourth-order valence-electron chi connectivity index (χ4n) is 3.44. The van der Waals surface area contributed by atoms with Crippen molar-refractivity contribution in [3.05, 3.63) is 60.7 Å². The summed E-state index contributed by atoms with van der Waals surface area (Å²) in [7, 11) is 0.803. The number of hydrogen-bond acceptors (Lipinski definition) is 4. The molecule has 6 nitrogen and oxygen atoms in total. The smallest absolute Gasteiger partial charge is 0.146 e. The van der Waals surface area contributed by atoms with Crippen molar-refractivity contribution >= 4 is 19.1 Å². The highest BCUT2D eigenvalue weighted by atomic mass is 28.3. The minimum Gasteiger partial charge on any atom is -0.455 e. The zero-order chi connectivity index (χ0) is 22.0. The van der Waals surface area contributed by atoms with E-state index in [-0.39, 0.29) is 0 Å². The lowest BCUT2D eigenvalue weighted by Gasteiger charge is -2.15. The molecule has 0 radical (unpaired) electrons. The van der Waals surface area contributed by atoms with Crippen molar-refractivity contribution in [1.82, 2.24) is 19.3 Å². The van der Waals surface area contributed by atoms with Crippen LogP contribution in [0.2, 0.25) is 25.7 Å². The Morgan fingerprint density at radius 1 is 1.06 bits per heavy atom. The zero-order valence-corrected chi connectivity index (χ0v) is 19.9. The molecule has 3 heterocycles. The Morgan fingerprint density at radius 3 is 2.58 bits per heavy atom. The van der Waals surface area contributed by atoms with Gasteiger partial charge in [-0.3, -0.25) is 4.68 Å². The number of para-hydroxylation sites is 1. The monoisotopic (exact) mass is 434 g/mol. The topological polar surface area (TPSA) is 54.1 Å². The van der Waals surface area contributed by atoms with Crippen molar-refractivity contribution in [1.29, 1.82) is 0 Å². The van der Waals surface area contributed by atoms with Gasteiger partial charge in [0.15, 0.2) is 0 Å². The Balaban J connectivity index is 1.66. The fraction of sp³-hybridized carbons (Fsp3) is 0.333. The molecule has 0 saturated heterocycles. The normalized spacial score (nSPS) is 11.9. The maximum atomic E-state index is 6.14. The van der Waals surface area contributed by atoms with Gasteiger partial charge in [0.1, 0.15) is 23.9 Å². The van der Waals surface area contributed by atoms with E-state index in [0.717, 1.165) is 46.1 Å². The van der Waals surface area contributed by atoms with E-state index in [1.807, 2.05) is 55.3 Å². The molecular formula is C24H30N4O2Si. The first-order valence-electron chi connectivity index (χ1n) is 10.6. The summed E-state index contributed by atoms with van der Waals surface area (Å²) in [6, 6.07) is 11.2. The third-order valence-electron chi connectivity index (χ3n) is 5.25. The molecule has 0 spiro atoms. The highest BCUT2D eigenvalue weighted by Crippen LogP contribution is 2.33. The van der Waals surface area contributed by atoms with Crippen LogP contribution in [0.25, 0.3) is 22.2 Å². The van der Waals surface area contributed by atoms with Gasteiger partial charge >= 0.3 is 0 Å². The minimum absolute atomic E-state index is 0.478. The molecule has 0 atom stereocenters. The zero-order valence-electron chi connectivity index (χ0n) is 18.9. The lowest BCUT2D eigenvalue weighted by atomic mass is 10.1. The van der Waals surface area contributed by atoms with Gasteiger partial charge < -0.3 is 14.0 Å². The number of pyridine rings is 1. The van der Waals surface area contributed by atoms with Crippen molar-refractivity contribution in [3.63, 3.8) is 0 Å². The van der Waals surface area contributed by atoms with Gasteiger partial charge in [-0.25, -0.2) is 4.98 Å². The molecule has 7 heteroatoms. The first-order valence-corrected chi connectivity index (χ1v) is 14.3. The molecule has 31 heavy (non-hydrogen) atoms. The SMILES string of the molecule is Cc1ccccc1Oc1cnc2c(c1)c(-c1cnn(C)c1)cn2COCC[Si](C)(C)C. The van der Waals surface area contributed by atoms with Crippen molar-refractivity contribution in [2.45, 2.75) is 39.3 Å². The van der Waals surface area contributed by atoms with Crippen LogP contribution >= 0.6 is 0 Å². The van der Waals surface area contributed by atoms with Crippen molar-refractivity contribution in [3.8, 4) is 22.6 Å². The van der Waals surface area contributed by atoms with Gasteiger partial charge in [-0.05, 0) is 30.7 Å². The van der Waals surface area contributed by atoms with Gasteiger partial charge in [0.25, 0.3) is 0 Å². The van der Waals surface area contributed by atoms with E-state index in [1.165, 1.54) is 0 Å². The van der Waals surface area contributed by atoms with Crippen LogP contribution < -0.4 is 4.74 Å². The quantitative estimate of drug-likeness (QED) is 0.258. The van der Waals surface area contributed by atoms with Crippen molar-refractivity contribution < 1.29 is 9.47 Å². The second-order valence-electron chi connectivity index (χ2n) is 9.17. The number of ether oxygens (including phenoxy) is 2. The highest BCUT2D eigenvalue weighted by molar-refractivity contribution is 6.76. The molecule has 3 aromatic heterocycles. The molecule has 0 aliphatic rings. The average molecular weight is 435 g/mol. The van der Waals surface area contributed by atoms with E-state index < -0.39 is 8.07 Å². The van der Waals surface area contributed by atoms with Crippen LogP contribution in [0.1, 0.15) is 5.56 Å². The summed E-state index contributed by atoms with van der Waals surface area (Å²) in [5, 5.41) is 5.36. The number of aryl methyl sites for hydroxylation is 2. The Hall–Kier alpha value is -2.90. The third kappa shape index (κ3) is 5.06. The number of aromatic nitrogens is 4. The number of rotatable bonds is 8. The maximum absolute atomic E-state index is 6.14. The van der Waals surface area contributed by atoms with Crippen LogP contribution in [-0.2, 0) is 18.5 Å². The molecule has 4 rings (SSSR count). The van der Waals surface area contributed by atoms with Gasteiger partial charge in [0.05, 0.1) is 12.4 Å². The molecule has 0 saturated carbocycles. The molecule has 0 aliphatic carbocycles. The third-order valence-corrected chi connectivity index (χ3v) is 6.96. The summed E-state index contributed by atoms with van der Waals surface area (Å²) in [4.78, 5) is 4.73. The van der Waals surface area contributed by atoms with Crippen LogP contribution in [0, 0.1) is 6.92 Å². The molecule has 0 unspecified atom stereocenters. The predicted octanol–water partition coefficient (Wildman–Crippen LogP) is 5.85. The van der Waals surface area contributed by atoms with E-state index in [2.05, 4.69) is 41.6 Å². The van der Waals surface area contributed by atoms with E-state index >= 15 is 0 Å². The number of nitrogens with zero attached hydrogens (tertiary/aromatic N) is 4. The standard InChI is InChI=1S/C24H30N4O2Si/c1-18-8-6-7-9-23(18)30-20-12-21-22(19-13-26-27(2)15-19)16-28(24(21)25-14-20)17-29-10-11-31(3,4)5/h6-9,12-16H,10-11,17H2,1-5H3. The Kier molecular flexibility index (Phi) is 5.98. The molecule has 0 bridgehead atoms. The lowest BCUT2D eigenvalue weighted by molar-refractivity contribution is 0.0899. The van der Waals surface area contributed by atoms with Crippen LogP contribution in [-0.4, -0.2) is 34.0 Å². The lowest BCUT2D eigenvalue weighted by Crippen LogP contribution is -2.22. The maximum Gasteiger partial charge on any atom is 0.146 e. The molecule has 1 aromatic carbocycles. The Labute approximate surface area is 184 Å². The summed E-state index contributed by atoms with van der Waals surface area (Å²) in [5.41, 5.74) is 4.08. The molecule has 0 fully saturated rings. The van der Waals surface area contributed by atoms with E-state index in [1.54, 1.807) is 6.20 Å². The van der Waals surface area contributed by atoms with Crippen LogP contribution in [0.15, 0.2) is 55.1 Å². The molecular weight excluding hydrogens is 404 g/mol. The molecule has 162 valence electrons. The van der Waals surface area contributed by atoms with Gasteiger partial charge in [-0.2, -0.15) is 5.10 Å². The first kappa shape index (κ1) is 21.3. The summed E-state index contributed by atoms with van der Waals surface area (Å²) in [6.45, 7) is 10.4. The molecule has 0 aliphatic heterocycles. The number of benzene rings is 1.